The Morgan fingerprint density at radius 1 is 1.14 bits per heavy atom. The topological polar surface area (TPSA) is 89.8 Å². The molecule has 2 aromatic heterocycles. The van der Waals surface area contributed by atoms with Crippen molar-refractivity contribution < 1.29 is 23.1 Å². The molecule has 12 heteroatoms. The standard InChI is InChI=1S/C30H31F2N7O3/c1-37-14-19(13-35-37)21-10-23(26(40-2)11-25(21)38-8-7-30(15-38)16-41-17-30)36-27-12-28(34-18-33-27)39-24(6-9-42-39)20-4-3-5-22(31)29(20)32/h3-5,10-14,18,24H,6-9,15-17H2,1-2H3,(H,33,34,36)/t24-/m1/s1. The van der Waals surface area contributed by atoms with Crippen LogP contribution in [0.3, 0.4) is 0 Å². The summed E-state index contributed by atoms with van der Waals surface area (Å²) in [6.45, 7) is 3.80. The van der Waals surface area contributed by atoms with Crippen LogP contribution >= 0.6 is 0 Å². The van der Waals surface area contributed by atoms with Crippen LogP contribution < -0.4 is 20.0 Å². The molecule has 4 aromatic rings. The number of aryl methyl sites for hydroxylation is 1. The number of aromatic nitrogens is 4. The zero-order valence-electron chi connectivity index (χ0n) is 23.4. The average Bonchev–Trinajstić information content (AvgIpc) is 3.74. The molecule has 0 aliphatic carbocycles. The largest absolute Gasteiger partial charge is 0.494 e. The monoisotopic (exact) mass is 575 g/mol. The number of nitrogens with zero attached hydrogens (tertiary/aromatic N) is 6. The van der Waals surface area contributed by atoms with Crippen LogP contribution in [0.5, 0.6) is 5.75 Å². The Bertz CT molecular complexity index is 1630. The lowest BCUT2D eigenvalue weighted by Gasteiger charge is -2.38. The van der Waals surface area contributed by atoms with Crippen LogP contribution in [0.4, 0.5) is 31.8 Å². The number of hydrogen-bond donors (Lipinski definition) is 1. The van der Waals surface area contributed by atoms with Gasteiger partial charge in [0, 0.05) is 72.7 Å². The van der Waals surface area contributed by atoms with Gasteiger partial charge in [0.15, 0.2) is 17.5 Å². The minimum absolute atomic E-state index is 0.219. The van der Waals surface area contributed by atoms with Crippen molar-refractivity contribution in [1.29, 1.82) is 0 Å². The fraction of sp³-hybridized carbons (Fsp3) is 0.367. The molecule has 0 bridgehead atoms. The number of benzene rings is 2. The first-order chi connectivity index (χ1) is 20.4. The van der Waals surface area contributed by atoms with Gasteiger partial charge in [-0.3, -0.25) is 9.52 Å². The maximum atomic E-state index is 14.7. The van der Waals surface area contributed by atoms with E-state index in [1.165, 1.54) is 17.5 Å². The third kappa shape index (κ3) is 4.70. The fourth-order valence-corrected chi connectivity index (χ4v) is 6.09. The van der Waals surface area contributed by atoms with Gasteiger partial charge in [-0.25, -0.2) is 23.8 Å². The Kier molecular flexibility index (Phi) is 6.66. The molecule has 0 unspecified atom stereocenters. The van der Waals surface area contributed by atoms with Crippen molar-refractivity contribution in [2.45, 2.75) is 18.9 Å². The lowest BCUT2D eigenvalue weighted by molar-refractivity contribution is -0.0985. The highest BCUT2D eigenvalue weighted by Crippen LogP contribution is 2.46. The molecular weight excluding hydrogens is 544 g/mol. The van der Waals surface area contributed by atoms with Gasteiger partial charge in [0.1, 0.15) is 17.9 Å². The molecule has 42 heavy (non-hydrogen) atoms. The first kappa shape index (κ1) is 26.6. The molecule has 3 aliphatic rings. The number of nitrogens with one attached hydrogen (secondary N) is 1. The number of ether oxygens (including phenoxy) is 2. The smallest absolute Gasteiger partial charge is 0.164 e. The van der Waals surface area contributed by atoms with Crippen LogP contribution in [0.15, 0.2) is 55.1 Å². The van der Waals surface area contributed by atoms with E-state index in [1.807, 2.05) is 25.5 Å². The number of hydroxylamine groups is 1. The summed E-state index contributed by atoms with van der Waals surface area (Å²) in [5, 5.41) is 9.30. The Morgan fingerprint density at radius 2 is 2.02 bits per heavy atom. The molecular formula is C30H31F2N7O3. The Morgan fingerprint density at radius 3 is 2.76 bits per heavy atom. The van der Waals surface area contributed by atoms with Gasteiger partial charge in [-0.1, -0.05) is 12.1 Å². The molecule has 10 nitrogen and oxygen atoms in total. The summed E-state index contributed by atoms with van der Waals surface area (Å²) < 4.78 is 41.8. The molecule has 3 saturated heterocycles. The molecule has 218 valence electrons. The summed E-state index contributed by atoms with van der Waals surface area (Å²) >= 11 is 0. The van der Waals surface area contributed by atoms with E-state index in [9.17, 15) is 8.78 Å². The number of anilines is 4. The van der Waals surface area contributed by atoms with Crippen LogP contribution in [0, 0.1) is 17.0 Å². The van der Waals surface area contributed by atoms with Crippen molar-refractivity contribution in [3.63, 3.8) is 0 Å². The van der Waals surface area contributed by atoms with Gasteiger partial charge in [-0.15, -0.1) is 0 Å². The van der Waals surface area contributed by atoms with E-state index < -0.39 is 17.7 Å². The predicted molar refractivity (Wildman–Crippen MR) is 153 cm³/mol. The fourth-order valence-electron chi connectivity index (χ4n) is 6.09. The minimum atomic E-state index is -0.894. The van der Waals surface area contributed by atoms with Crippen LogP contribution in [0.2, 0.25) is 0 Å². The van der Waals surface area contributed by atoms with Gasteiger partial charge >= 0.3 is 0 Å². The number of methoxy groups -OCH3 is 1. The summed E-state index contributed by atoms with van der Waals surface area (Å²) in [4.78, 5) is 17.0. The summed E-state index contributed by atoms with van der Waals surface area (Å²) in [5.74, 6) is -0.210. The molecule has 0 amide bonds. The van der Waals surface area contributed by atoms with Crippen molar-refractivity contribution in [1.82, 2.24) is 19.7 Å². The number of rotatable bonds is 7. The van der Waals surface area contributed by atoms with Crippen molar-refractivity contribution in [3.8, 4) is 16.9 Å². The van der Waals surface area contributed by atoms with Gasteiger partial charge in [0.05, 0.1) is 44.9 Å². The lowest BCUT2D eigenvalue weighted by Crippen LogP contribution is -2.44. The summed E-state index contributed by atoms with van der Waals surface area (Å²) in [7, 11) is 3.54. The third-order valence-electron chi connectivity index (χ3n) is 8.32. The molecule has 0 saturated carbocycles. The van der Waals surface area contributed by atoms with Crippen LogP contribution in [-0.4, -0.2) is 59.8 Å². The van der Waals surface area contributed by atoms with E-state index in [1.54, 1.807) is 23.9 Å². The molecule has 1 atom stereocenters. The van der Waals surface area contributed by atoms with Crippen molar-refractivity contribution >= 4 is 23.0 Å². The Hall–Kier alpha value is -4.29. The van der Waals surface area contributed by atoms with Crippen LogP contribution in [0.25, 0.3) is 11.1 Å². The van der Waals surface area contributed by atoms with E-state index in [4.69, 9.17) is 14.3 Å². The second-order valence-electron chi connectivity index (χ2n) is 11.1. The zero-order valence-corrected chi connectivity index (χ0v) is 23.4. The maximum absolute atomic E-state index is 14.7. The second-order valence-corrected chi connectivity index (χ2v) is 11.1. The van der Waals surface area contributed by atoms with Crippen molar-refractivity contribution in [2.24, 2.45) is 12.5 Å². The average molecular weight is 576 g/mol. The highest BCUT2D eigenvalue weighted by atomic mass is 19.2. The first-order valence-electron chi connectivity index (χ1n) is 13.9. The van der Waals surface area contributed by atoms with Crippen molar-refractivity contribution in [2.75, 3.05) is 55.3 Å². The van der Waals surface area contributed by atoms with E-state index in [0.717, 1.165) is 55.6 Å². The van der Waals surface area contributed by atoms with E-state index in [-0.39, 0.29) is 11.0 Å². The van der Waals surface area contributed by atoms with Gasteiger partial charge in [-0.05, 0) is 18.6 Å². The number of hydrogen-bond acceptors (Lipinski definition) is 9. The lowest BCUT2D eigenvalue weighted by atomic mass is 9.85. The van der Waals surface area contributed by atoms with Gasteiger partial charge in [0.25, 0.3) is 0 Å². The molecule has 3 fully saturated rings. The quantitative estimate of drug-likeness (QED) is 0.326. The summed E-state index contributed by atoms with van der Waals surface area (Å²) in [6, 6.07) is 9.46. The van der Waals surface area contributed by atoms with Crippen molar-refractivity contribution in [3.05, 3.63) is 72.3 Å². The van der Waals surface area contributed by atoms with E-state index >= 15 is 0 Å². The maximum Gasteiger partial charge on any atom is 0.164 e. The Labute approximate surface area is 241 Å². The van der Waals surface area contributed by atoms with E-state index in [2.05, 4.69) is 31.3 Å². The summed E-state index contributed by atoms with van der Waals surface area (Å²) in [6.07, 6.45) is 6.83. The number of halogens is 2. The van der Waals surface area contributed by atoms with Crippen LogP contribution in [0.1, 0.15) is 24.4 Å². The predicted octanol–water partition coefficient (Wildman–Crippen LogP) is 5.02. The SMILES string of the molecule is COc1cc(N2CCC3(COC3)C2)c(-c2cnn(C)c2)cc1Nc1cc(N2OCC[C@@H]2c2cccc(F)c2F)ncn1. The molecule has 0 radical (unpaired) electrons. The highest BCUT2D eigenvalue weighted by Gasteiger charge is 2.45. The molecule has 3 aliphatic heterocycles. The minimum Gasteiger partial charge on any atom is -0.494 e. The molecule has 1 spiro atoms. The zero-order chi connectivity index (χ0) is 28.8. The van der Waals surface area contributed by atoms with Gasteiger partial charge < -0.3 is 19.7 Å². The van der Waals surface area contributed by atoms with E-state index in [0.29, 0.717) is 36.1 Å². The highest BCUT2D eigenvalue weighted by molar-refractivity contribution is 5.85. The van der Waals surface area contributed by atoms with Crippen LogP contribution in [-0.2, 0) is 16.6 Å². The first-order valence-corrected chi connectivity index (χ1v) is 13.9. The summed E-state index contributed by atoms with van der Waals surface area (Å²) in [5.41, 5.74) is 4.22. The Balaban J connectivity index is 1.21. The molecule has 5 heterocycles. The molecule has 2 aromatic carbocycles. The molecule has 1 N–H and O–H groups in total. The second kappa shape index (κ2) is 10.5. The normalized spacial score (nSPS) is 19.4. The molecule has 7 rings (SSSR count). The van der Waals surface area contributed by atoms with Gasteiger partial charge in [-0.2, -0.15) is 5.10 Å². The van der Waals surface area contributed by atoms with Gasteiger partial charge in [0.2, 0.25) is 0 Å². The third-order valence-corrected chi connectivity index (χ3v) is 8.32.